The zero-order valence-electron chi connectivity index (χ0n) is 14.5. The molecule has 0 radical (unpaired) electrons. The number of nitrogens with zero attached hydrogens (tertiary/aromatic N) is 12. The van der Waals surface area contributed by atoms with Gasteiger partial charge in [-0.1, -0.05) is 10.3 Å². The van der Waals surface area contributed by atoms with Crippen LogP contribution < -0.4 is 0 Å². The molecule has 142 valence electrons. The lowest BCUT2D eigenvalue weighted by Crippen LogP contribution is -2.17. The van der Waals surface area contributed by atoms with Crippen LogP contribution in [0.3, 0.4) is 0 Å². The van der Waals surface area contributed by atoms with Crippen molar-refractivity contribution in [3.63, 3.8) is 0 Å². The summed E-state index contributed by atoms with van der Waals surface area (Å²) in [7, 11) is 2.04. The van der Waals surface area contributed by atoms with Crippen molar-refractivity contribution in [2.24, 2.45) is 10.2 Å². The van der Waals surface area contributed by atoms with Crippen LogP contribution in [0.15, 0.2) is 10.2 Å². The van der Waals surface area contributed by atoms with E-state index in [1.807, 2.05) is 0 Å². The Morgan fingerprint density at radius 1 is 1.07 bits per heavy atom. The largest absolute Gasteiger partial charge is 0.464 e. The van der Waals surface area contributed by atoms with Crippen molar-refractivity contribution in [3.8, 4) is 18.0 Å². The van der Waals surface area contributed by atoms with Crippen molar-refractivity contribution < 1.29 is 19.1 Å². The van der Waals surface area contributed by atoms with Crippen LogP contribution in [-0.4, -0.2) is 46.1 Å². The number of carbonyl (C=O) groups excluding carboxylic acids is 2. The minimum atomic E-state index is -1.10. The summed E-state index contributed by atoms with van der Waals surface area (Å²) in [5.74, 6) is -3.23. The number of methoxy groups -OCH3 is 2. The van der Waals surface area contributed by atoms with Crippen molar-refractivity contribution >= 4 is 23.4 Å². The third-order valence-corrected chi connectivity index (χ3v) is 3.27. The minimum Gasteiger partial charge on any atom is -0.464 e. The summed E-state index contributed by atoms with van der Waals surface area (Å²) in [6.45, 7) is 0. The van der Waals surface area contributed by atoms with Crippen molar-refractivity contribution in [1.29, 1.82) is 10.5 Å². The molecule has 0 bridgehead atoms. The first-order valence-corrected chi connectivity index (χ1v) is 7.10. The topological polar surface area (TPSA) is 241 Å². The summed E-state index contributed by atoms with van der Waals surface area (Å²) in [6, 6.07) is 3.27. The Balaban J connectivity index is 3.05. The van der Waals surface area contributed by atoms with Gasteiger partial charge < -0.3 is 9.47 Å². The normalized spacial score (nSPS) is 9.24. The molecular weight excluding hydrogens is 388 g/mol. The van der Waals surface area contributed by atoms with Gasteiger partial charge in [-0.15, -0.1) is 5.10 Å². The fraction of sp³-hybridized carbons (Fsp3) is 0.154. The predicted octanol–water partition coefficient (Wildman–Crippen LogP) is 1.86. The van der Waals surface area contributed by atoms with E-state index >= 15 is 0 Å². The number of hydrogen-bond acceptors (Lipinski definition) is 11. The molecule has 0 saturated heterocycles. The molecule has 2 aromatic rings. The highest BCUT2D eigenvalue weighted by Gasteiger charge is 2.31. The second kappa shape index (κ2) is 8.47. The van der Waals surface area contributed by atoms with Gasteiger partial charge in [-0.2, -0.15) is 15.2 Å². The zero-order chi connectivity index (χ0) is 21.6. The number of ether oxygens (including phenoxy) is 2. The van der Waals surface area contributed by atoms with E-state index in [9.17, 15) is 20.1 Å². The molecule has 0 aliphatic heterocycles. The molecule has 16 nitrogen and oxygen atoms in total. The highest BCUT2D eigenvalue weighted by Crippen LogP contribution is 2.34. The zero-order valence-corrected chi connectivity index (χ0v) is 14.5. The number of carbonyl (C=O) groups is 2. The Kier molecular flexibility index (Phi) is 5.89. The maximum Gasteiger partial charge on any atom is 0.361 e. The first-order valence-electron chi connectivity index (χ1n) is 7.10. The standard InChI is InChI=1S/C13H6N12O4/c1-28-12(26)8-9(13(27)29-2)25(24-20-8)11-6(4-15)7(19-22-16)5(3-14)10(18-11)21-23-17/h1-2H3. The summed E-state index contributed by atoms with van der Waals surface area (Å²) in [4.78, 5) is 33.0. The second-order valence-electron chi connectivity index (χ2n) is 4.64. The number of azide groups is 2. The fourth-order valence-corrected chi connectivity index (χ4v) is 2.11. The average molecular weight is 394 g/mol. The van der Waals surface area contributed by atoms with Gasteiger partial charge in [-0.3, -0.25) is 0 Å². The minimum absolute atomic E-state index is 0.492. The van der Waals surface area contributed by atoms with Crippen molar-refractivity contribution in [2.45, 2.75) is 0 Å². The van der Waals surface area contributed by atoms with E-state index in [1.165, 1.54) is 0 Å². The van der Waals surface area contributed by atoms with E-state index < -0.39 is 51.8 Å². The monoisotopic (exact) mass is 394 g/mol. The summed E-state index contributed by atoms with van der Waals surface area (Å²) in [5, 5.41) is 32.4. The number of pyridine rings is 1. The molecule has 29 heavy (non-hydrogen) atoms. The lowest BCUT2D eigenvalue weighted by molar-refractivity contribution is 0.0545. The van der Waals surface area contributed by atoms with E-state index in [0.717, 1.165) is 14.2 Å². The first kappa shape index (κ1) is 20.1. The fourth-order valence-electron chi connectivity index (χ4n) is 2.11. The van der Waals surface area contributed by atoms with Crippen LogP contribution in [0.5, 0.6) is 0 Å². The van der Waals surface area contributed by atoms with Crippen LogP contribution in [0.25, 0.3) is 26.7 Å². The van der Waals surface area contributed by atoms with Gasteiger partial charge in [0, 0.05) is 9.82 Å². The van der Waals surface area contributed by atoms with Crippen molar-refractivity contribution in [3.05, 3.63) is 43.4 Å². The summed E-state index contributed by atoms with van der Waals surface area (Å²) in [5.41, 5.74) is 14.8. The lowest BCUT2D eigenvalue weighted by atomic mass is 10.1. The van der Waals surface area contributed by atoms with E-state index in [1.54, 1.807) is 12.1 Å². The molecule has 0 fully saturated rings. The summed E-state index contributed by atoms with van der Waals surface area (Å²) in [6.07, 6.45) is 0. The number of hydrogen-bond donors (Lipinski definition) is 0. The second-order valence-corrected chi connectivity index (χ2v) is 4.64. The van der Waals surface area contributed by atoms with Gasteiger partial charge >= 0.3 is 11.9 Å². The Hall–Kier alpha value is -5.17. The molecule has 0 aromatic carbocycles. The Bertz CT molecular complexity index is 1200. The number of rotatable bonds is 5. The van der Waals surface area contributed by atoms with E-state index in [4.69, 9.17) is 11.1 Å². The molecule has 2 aromatic heterocycles. The highest BCUT2D eigenvalue weighted by molar-refractivity contribution is 6.00. The molecule has 0 N–H and O–H groups in total. The quantitative estimate of drug-likeness (QED) is 0.310. The maximum absolute atomic E-state index is 12.2. The first-order chi connectivity index (χ1) is 14.0. The van der Waals surface area contributed by atoms with Gasteiger partial charge in [0.15, 0.2) is 11.5 Å². The smallest absolute Gasteiger partial charge is 0.361 e. The Labute approximate surface area is 159 Å². The van der Waals surface area contributed by atoms with Crippen LogP contribution in [0.2, 0.25) is 0 Å². The molecule has 2 rings (SSSR count). The van der Waals surface area contributed by atoms with E-state index in [2.05, 4.69) is 44.8 Å². The Morgan fingerprint density at radius 3 is 2.21 bits per heavy atom. The molecule has 0 aliphatic carbocycles. The molecule has 2 heterocycles. The molecule has 0 aliphatic rings. The van der Waals surface area contributed by atoms with Crippen molar-refractivity contribution in [2.75, 3.05) is 14.2 Å². The lowest BCUT2D eigenvalue weighted by Gasteiger charge is -2.10. The molecule has 0 unspecified atom stereocenters. The summed E-state index contributed by atoms with van der Waals surface area (Å²) >= 11 is 0. The van der Waals surface area contributed by atoms with Crippen molar-refractivity contribution in [1.82, 2.24) is 20.0 Å². The summed E-state index contributed by atoms with van der Waals surface area (Å²) < 4.78 is 9.74. The third kappa shape index (κ3) is 3.42. The number of esters is 2. The molecule has 0 atom stereocenters. The maximum atomic E-state index is 12.2. The van der Waals surface area contributed by atoms with Crippen LogP contribution >= 0.6 is 0 Å². The molecule has 0 saturated carbocycles. The number of aromatic nitrogens is 4. The molecule has 0 spiro atoms. The predicted molar refractivity (Wildman–Crippen MR) is 88.9 cm³/mol. The van der Waals surface area contributed by atoms with Gasteiger partial charge in [-0.25, -0.2) is 14.6 Å². The SMILES string of the molecule is COC(=O)c1nnn(-c2nc(N=[N+]=[N-])c(C#N)c(N=[N+]=[N-])c2C#N)c1C(=O)OC. The molecule has 0 amide bonds. The average Bonchev–Trinajstić information content (AvgIpc) is 3.17. The number of nitriles is 2. The van der Waals surface area contributed by atoms with Gasteiger partial charge in [0.25, 0.3) is 0 Å². The van der Waals surface area contributed by atoms with Crippen LogP contribution in [0, 0.1) is 22.7 Å². The van der Waals surface area contributed by atoms with Gasteiger partial charge in [-0.05, 0) is 16.2 Å². The van der Waals surface area contributed by atoms with Gasteiger partial charge in [0.2, 0.25) is 5.69 Å². The van der Waals surface area contributed by atoms with E-state index in [-0.39, 0.29) is 0 Å². The van der Waals surface area contributed by atoms with Crippen LogP contribution in [0.4, 0.5) is 11.5 Å². The Morgan fingerprint density at radius 2 is 1.69 bits per heavy atom. The van der Waals surface area contributed by atoms with Gasteiger partial charge in [0.05, 0.1) is 25.5 Å². The van der Waals surface area contributed by atoms with Crippen LogP contribution in [-0.2, 0) is 9.47 Å². The van der Waals surface area contributed by atoms with Gasteiger partial charge in [0.1, 0.15) is 23.5 Å². The molecular formula is C13H6N12O4. The third-order valence-electron chi connectivity index (χ3n) is 3.27. The molecule has 16 heteroatoms. The van der Waals surface area contributed by atoms with E-state index in [0.29, 0.717) is 4.68 Å². The van der Waals surface area contributed by atoms with Crippen LogP contribution in [0.1, 0.15) is 32.1 Å². The highest BCUT2D eigenvalue weighted by atomic mass is 16.5.